The number of halogens is 1. The molecule has 0 bridgehead atoms. The molecule has 0 aliphatic rings. The highest BCUT2D eigenvalue weighted by Gasteiger charge is 2.06. The number of benzene rings is 2. The molecule has 0 atom stereocenters. The third kappa shape index (κ3) is 6.44. The van der Waals surface area contributed by atoms with Gasteiger partial charge in [-0.2, -0.15) is 0 Å². The molecular weight excluding hydrogens is 383 g/mol. The Bertz CT molecular complexity index is 1000. The summed E-state index contributed by atoms with van der Waals surface area (Å²) >= 11 is 0. The predicted molar refractivity (Wildman–Crippen MR) is 114 cm³/mol. The van der Waals surface area contributed by atoms with E-state index in [1.807, 2.05) is 38.1 Å². The molecule has 0 saturated carbocycles. The monoisotopic (exact) mass is 406 g/mol. The van der Waals surface area contributed by atoms with E-state index in [0.717, 1.165) is 11.3 Å². The number of carbonyl (C=O) groups excluding carboxylic acids is 1. The molecule has 0 radical (unpaired) electrons. The summed E-state index contributed by atoms with van der Waals surface area (Å²) in [5.41, 5.74) is 1.51. The van der Waals surface area contributed by atoms with Crippen molar-refractivity contribution in [3.63, 3.8) is 0 Å². The summed E-state index contributed by atoms with van der Waals surface area (Å²) in [6.45, 7) is 4.32. The van der Waals surface area contributed by atoms with Crippen LogP contribution in [0, 0.1) is 5.82 Å². The minimum Gasteiger partial charge on any atom is -0.491 e. The van der Waals surface area contributed by atoms with E-state index in [2.05, 4.69) is 10.3 Å². The van der Waals surface area contributed by atoms with Crippen LogP contribution in [0.4, 0.5) is 4.39 Å². The van der Waals surface area contributed by atoms with Crippen molar-refractivity contribution in [1.29, 1.82) is 0 Å². The van der Waals surface area contributed by atoms with Crippen LogP contribution in [0.15, 0.2) is 73.1 Å². The van der Waals surface area contributed by atoms with Gasteiger partial charge in [0.25, 0.3) is 0 Å². The van der Waals surface area contributed by atoms with Gasteiger partial charge in [0, 0.05) is 18.8 Å². The van der Waals surface area contributed by atoms with Gasteiger partial charge in [-0.05, 0) is 67.4 Å². The minimum atomic E-state index is -0.523. The van der Waals surface area contributed by atoms with Crippen LogP contribution in [0.5, 0.6) is 17.2 Å². The first-order valence-corrected chi connectivity index (χ1v) is 9.58. The second-order valence-electron chi connectivity index (χ2n) is 6.84. The lowest BCUT2D eigenvalue weighted by Gasteiger charge is -2.10. The van der Waals surface area contributed by atoms with Crippen molar-refractivity contribution in [2.75, 3.05) is 0 Å². The Morgan fingerprint density at radius 3 is 2.60 bits per heavy atom. The number of aromatic nitrogens is 1. The molecule has 6 heteroatoms. The maximum absolute atomic E-state index is 14.3. The molecule has 30 heavy (non-hydrogen) atoms. The summed E-state index contributed by atoms with van der Waals surface area (Å²) in [4.78, 5) is 16.0. The molecule has 1 heterocycles. The normalized spacial score (nSPS) is 10.9. The average molecular weight is 406 g/mol. The molecule has 0 unspecified atom stereocenters. The van der Waals surface area contributed by atoms with Gasteiger partial charge in [-0.3, -0.25) is 9.78 Å². The number of rotatable bonds is 8. The van der Waals surface area contributed by atoms with Crippen molar-refractivity contribution in [1.82, 2.24) is 10.3 Å². The molecule has 154 valence electrons. The fourth-order valence-corrected chi connectivity index (χ4v) is 2.62. The average Bonchev–Trinajstić information content (AvgIpc) is 2.74. The van der Waals surface area contributed by atoms with Gasteiger partial charge in [0.1, 0.15) is 11.5 Å². The van der Waals surface area contributed by atoms with Crippen molar-refractivity contribution in [2.45, 2.75) is 26.5 Å². The maximum atomic E-state index is 14.3. The molecular formula is C24H23FN2O3. The van der Waals surface area contributed by atoms with E-state index < -0.39 is 5.82 Å². The van der Waals surface area contributed by atoms with E-state index in [1.54, 1.807) is 30.5 Å². The Labute approximate surface area is 175 Å². The van der Waals surface area contributed by atoms with Gasteiger partial charge in [0.05, 0.1) is 12.3 Å². The van der Waals surface area contributed by atoms with E-state index in [4.69, 9.17) is 9.47 Å². The van der Waals surface area contributed by atoms with Crippen LogP contribution >= 0.6 is 0 Å². The van der Waals surface area contributed by atoms with Crippen LogP contribution in [-0.4, -0.2) is 17.0 Å². The molecule has 1 N–H and O–H groups in total. The van der Waals surface area contributed by atoms with Crippen molar-refractivity contribution >= 4 is 12.0 Å². The van der Waals surface area contributed by atoms with Gasteiger partial charge in [-0.25, -0.2) is 4.39 Å². The Morgan fingerprint density at radius 1 is 1.13 bits per heavy atom. The van der Waals surface area contributed by atoms with Gasteiger partial charge in [0.2, 0.25) is 5.91 Å². The van der Waals surface area contributed by atoms with Gasteiger partial charge in [-0.15, -0.1) is 0 Å². The highest BCUT2D eigenvalue weighted by molar-refractivity contribution is 5.91. The third-order valence-electron chi connectivity index (χ3n) is 4.01. The summed E-state index contributed by atoms with van der Waals surface area (Å²) in [5, 5.41) is 2.80. The molecule has 0 spiro atoms. The first kappa shape index (κ1) is 21.0. The molecule has 0 aliphatic heterocycles. The fourth-order valence-electron chi connectivity index (χ4n) is 2.62. The summed E-state index contributed by atoms with van der Waals surface area (Å²) < 4.78 is 25.3. The number of hydrogen-bond acceptors (Lipinski definition) is 4. The largest absolute Gasteiger partial charge is 0.491 e. The number of pyridine rings is 1. The third-order valence-corrected chi connectivity index (χ3v) is 4.01. The van der Waals surface area contributed by atoms with E-state index in [-0.39, 0.29) is 17.8 Å². The quantitative estimate of drug-likeness (QED) is 0.527. The van der Waals surface area contributed by atoms with Crippen molar-refractivity contribution in [3.8, 4) is 17.2 Å². The second-order valence-corrected chi connectivity index (χ2v) is 6.84. The van der Waals surface area contributed by atoms with Crippen molar-refractivity contribution in [2.24, 2.45) is 0 Å². The first-order valence-electron chi connectivity index (χ1n) is 9.58. The highest BCUT2D eigenvalue weighted by atomic mass is 19.1. The molecule has 0 fully saturated rings. The maximum Gasteiger partial charge on any atom is 0.244 e. The predicted octanol–water partition coefficient (Wildman–Crippen LogP) is 5.13. The number of ether oxygens (including phenoxy) is 2. The minimum absolute atomic E-state index is 0.0921. The van der Waals surface area contributed by atoms with Crippen LogP contribution in [0.25, 0.3) is 6.08 Å². The summed E-state index contributed by atoms with van der Waals surface area (Å²) in [6.07, 6.45) is 6.14. The van der Waals surface area contributed by atoms with Gasteiger partial charge in [-0.1, -0.05) is 18.2 Å². The Balaban J connectivity index is 1.52. The Morgan fingerprint density at radius 2 is 1.93 bits per heavy atom. The SMILES string of the molecule is CC(C)Oc1ccc(CNC(=O)/C=C/c2ccc(Oc3cccnc3)c(F)c2)cc1. The molecule has 1 aromatic heterocycles. The van der Waals surface area contributed by atoms with Crippen LogP contribution < -0.4 is 14.8 Å². The van der Waals surface area contributed by atoms with E-state index in [9.17, 15) is 9.18 Å². The van der Waals surface area contributed by atoms with Gasteiger partial charge < -0.3 is 14.8 Å². The Hall–Kier alpha value is -3.67. The zero-order valence-electron chi connectivity index (χ0n) is 16.8. The summed E-state index contributed by atoms with van der Waals surface area (Å²) in [6, 6.07) is 15.4. The molecule has 5 nitrogen and oxygen atoms in total. The Kier molecular flexibility index (Phi) is 7.16. The van der Waals surface area contributed by atoms with E-state index in [0.29, 0.717) is 17.9 Å². The highest BCUT2D eigenvalue weighted by Crippen LogP contribution is 2.24. The standard InChI is InChI=1S/C24H23FN2O3/c1-17(2)29-20-9-5-19(6-10-20)15-27-24(28)12-8-18-7-11-23(22(25)14-18)30-21-4-3-13-26-16-21/h3-14,16-17H,15H2,1-2H3,(H,27,28)/b12-8+. The van der Waals surface area contributed by atoms with E-state index >= 15 is 0 Å². The van der Waals surface area contributed by atoms with Crippen LogP contribution in [0.2, 0.25) is 0 Å². The number of nitrogens with one attached hydrogen (secondary N) is 1. The van der Waals surface area contributed by atoms with Crippen molar-refractivity contribution in [3.05, 3.63) is 90.0 Å². The summed E-state index contributed by atoms with van der Waals surface area (Å²) in [7, 11) is 0. The number of hydrogen-bond donors (Lipinski definition) is 1. The van der Waals surface area contributed by atoms with Crippen LogP contribution in [0.1, 0.15) is 25.0 Å². The molecule has 3 aromatic rings. The zero-order valence-corrected chi connectivity index (χ0v) is 16.8. The molecule has 3 rings (SSSR count). The van der Waals surface area contributed by atoms with Crippen molar-refractivity contribution < 1.29 is 18.7 Å². The second kappa shape index (κ2) is 10.2. The smallest absolute Gasteiger partial charge is 0.244 e. The number of carbonyl (C=O) groups is 1. The van der Waals surface area contributed by atoms with Crippen LogP contribution in [0.3, 0.4) is 0 Å². The molecule has 0 aliphatic carbocycles. The van der Waals surface area contributed by atoms with Gasteiger partial charge >= 0.3 is 0 Å². The summed E-state index contributed by atoms with van der Waals surface area (Å²) in [5.74, 6) is 0.536. The molecule has 2 aromatic carbocycles. The lowest BCUT2D eigenvalue weighted by atomic mass is 10.2. The van der Waals surface area contributed by atoms with Gasteiger partial charge in [0.15, 0.2) is 11.6 Å². The fraction of sp³-hybridized carbons (Fsp3) is 0.167. The molecule has 0 saturated heterocycles. The number of nitrogens with zero attached hydrogens (tertiary/aromatic N) is 1. The zero-order chi connectivity index (χ0) is 21.3. The van der Waals surface area contributed by atoms with Crippen LogP contribution in [-0.2, 0) is 11.3 Å². The number of amides is 1. The topological polar surface area (TPSA) is 60.5 Å². The first-order chi connectivity index (χ1) is 14.5. The molecule has 1 amide bonds. The lowest BCUT2D eigenvalue weighted by molar-refractivity contribution is -0.116. The lowest BCUT2D eigenvalue weighted by Crippen LogP contribution is -2.20. The van der Waals surface area contributed by atoms with E-state index in [1.165, 1.54) is 24.4 Å².